The van der Waals surface area contributed by atoms with Crippen molar-refractivity contribution in [1.82, 2.24) is 4.90 Å². The third-order valence-corrected chi connectivity index (χ3v) is 3.36. The molecule has 2 aliphatic heterocycles. The first-order valence-electron chi connectivity index (χ1n) is 4.80. The Labute approximate surface area is 82.6 Å². The summed E-state index contributed by atoms with van der Waals surface area (Å²) in [5.74, 6) is 0.598. The topological polar surface area (TPSA) is 32.7 Å². The van der Waals surface area contributed by atoms with Gasteiger partial charge in [0.15, 0.2) is 0 Å². The molecule has 0 unspecified atom stereocenters. The summed E-state index contributed by atoms with van der Waals surface area (Å²) in [5.41, 5.74) is 0. The Kier molecular flexibility index (Phi) is 3.01. The number of aliphatic imine (C=N–C) groups is 1. The van der Waals surface area contributed by atoms with E-state index in [2.05, 4.69) is 9.89 Å². The highest BCUT2D eigenvalue weighted by Gasteiger charge is 2.18. The van der Waals surface area contributed by atoms with E-state index in [1.165, 1.54) is 32.4 Å². The van der Waals surface area contributed by atoms with Gasteiger partial charge in [-0.3, -0.25) is 9.69 Å². The molecule has 0 N–H and O–H groups in total. The number of hydrogen-bond acceptors (Lipinski definition) is 3. The SMILES string of the molecule is O=C1CSC(CN2CCCCC2)=N1. The standard InChI is InChI=1S/C9H14N2OS/c12-8-7-13-9(10-8)6-11-4-2-1-3-5-11/h1-7H2. The number of piperidine rings is 1. The molecule has 13 heavy (non-hydrogen) atoms. The van der Waals surface area contributed by atoms with Crippen LogP contribution in [0.2, 0.25) is 0 Å². The minimum Gasteiger partial charge on any atom is -0.297 e. The monoisotopic (exact) mass is 198 g/mol. The van der Waals surface area contributed by atoms with Gasteiger partial charge in [0, 0.05) is 6.54 Å². The van der Waals surface area contributed by atoms with E-state index >= 15 is 0 Å². The molecule has 1 saturated heterocycles. The van der Waals surface area contributed by atoms with E-state index in [9.17, 15) is 4.79 Å². The van der Waals surface area contributed by atoms with Crippen molar-refractivity contribution in [3.05, 3.63) is 0 Å². The van der Waals surface area contributed by atoms with E-state index in [0.717, 1.165) is 11.6 Å². The van der Waals surface area contributed by atoms with Gasteiger partial charge in [-0.05, 0) is 25.9 Å². The second kappa shape index (κ2) is 4.24. The molecule has 0 aromatic carbocycles. The maximum atomic E-state index is 10.9. The first-order chi connectivity index (χ1) is 6.34. The molecule has 0 radical (unpaired) electrons. The molecular formula is C9H14N2OS. The second-order valence-electron chi connectivity index (χ2n) is 3.52. The van der Waals surface area contributed by atoms with Crippen LogP contribution in [0, 0.1) is 0 Å². The normalized spacial score (nSPS) is 24.9. The summed E-state index contributed by atoms with van der Waals surface area (Å²) in [7, 11) is 0. The first kappa shape index (κ1) is 9.21. The van der Waals surface area contributed by atoms with Crippen LogP contribution < -0.4 is 0 Å². The van der Waals surface area contributed by atoms with Crippen LogP contribution in [0.25, 0.3) is 0 Å². The maximum absolute atomic E-state index is 10.9. The van der Waals surface area contributed by atoms with Gasteiger partial charge in [0.2, 0.25) is 0 Å². The Hall–Kier alpha value is -0.350. The van der Waals surface area contributed by atoms with Crippen molar-refractivity contribution in [3.63, 3.8) is 0 Å². The van der Waals surface area contributed by atoms with E-state index in [4.69, 9.17) is 0 Å². The highest BCUT2D eigenvalue weighted by Crippen LogP contribution is 2.16. The van der Waals surface area contributed by atoms with Gasteiger partial charge in [0.25, 0.3) is 5.91 Å². The molecule has 72 valence electrons. The fourth-order valence-corrected chi connectivity index (χ4v) is 2.53. The number of amides is 1. The van der Waals surface area contributed by atoms with Gasteiger partial charge in [0.1, 0.15) is 0 Å². The number of carbonyl (C=O) groups is 1. The van der Waals surface area contributed by atoms with E-state index in [-0.39, 0.29) is 5.91 Å². The van der Waals surface area contributed by atoms with Crippen molar-refractivity contribution in [3.8, 4) is 0 Å². The maximum Gasteiger partial charge on any atom is 0.256 e. The summed E-state index contributed by atoms with van der Waals surface area (Å²) < 4.78 is 0. The summed E-state index contributed by atoms with van der Waals surface area (Å²) in [5, 5.41) is 1.02. The molecule has 0 aromatic heterocycles. The van der Waals surface area contributed by atoms with Gasteiger partial charge in [-0.2, -0.15) is 0 Å². The lowest BCUT2D eigenvalue weighted by molar-refractivity contribution is -0.115. The van der Waals surface area contributed by atoms with E-state index in [1.54, 1.807) is 11.8 Å². The summed E-state index contributed by atoms with van der Waals surface area (Å²) in [6.07, 6.45) is 3.95. The van der Waals surface area contributed by atoms with Crippen LogP contribution in [-0.4, -0.2) is 41.2 Å². The average molecular weight is 198 g/mol. The van der Waals surface area contributed by atoms with Crippen LogP contribution in [0.15, 0.2) is 4.99 Å². The van der Waals surface area contributed by atoms with Crippen LogP contribution in [0.4, 0.5) is 0 Å². The van der Waals surface area contributed by atoms with Crippen molar-refractivity contribution < 1.29 is 4.79 Å². The minimum atomic E-state index is 0.0389. The lowest BCUT2D eigenvalue weighted by atomic mass is 10.1. The molecule has 2 rings (SSSR count). The summed E-state index contributed by atoms with van der Waals surface area (Å²) in [4.78, 5) is 17.2. The molecule has 2 heterocycles. The van der Waals surface area contributed by atoms with Crippen molar-refractivity contribution in [2.75, 3.05) is 25.4 Å². The predicted octanol–water partition coefficient (Wildman–Crippen LogP) is 1.14. The molecule has 3 nitrogen and oxygen atoms in total. The molecule has 4 heteroatoms. The molecule has 0 spiro atoms. The van der Waals surface area contributed by atoms with Crippen molar-refractivity contribution in [1.29, 1.82) is 0 Å². The molecule has 0 atom stereocenters. The van der Waals surface area contributed by atoms with Gasteiger partial charge >= 0.3 is 0 Å². The van der Waals surface area contributed by atoms with Crippen LogP contribution in [0.5, 0.6) is 0 Å². The molecule has 0 aliphatic carbocycles. The summed E-state index contributed by atoms with van der Waals surface area (Å²) in [6, 6.07) is 0. The summed E-state index contributed by atoms with van der Waals surface area (Å²) in [6.45, 7) is 3.25. The Morgan fingerprint density at radius 3 is 2.69 bits per heavy atom. The van der Waals surface area contributed by atoms with Crippen LogP contribution >= 0.6 is 11.8 Å². The van der Waals surface area contributed by atoms with Crippen LogP contribution in [0.1, 0.15) is 19.3 Å². The predicted molar refractivity (Wildman–Crippen MR) is 55.2 cm³/mol. The van der Waals surface area contributed by atoms with E-state index in [1.807, 2.05) is 0 Å². The zero-order chi connectivity index (χ0) is 9.10. The van der Waals surface area contributed by atoms with Crippen molar-refractivity contribution in [2.45, 2.75) is 19.3 Å². The lowest BCUT2D eigenvalue weighted by Crippen LogP contribution is -2.33. The Morgan fingerprint density at radius 2 is 2.08 bits per heavy atom. The second-order valence-corrected chi connectivity index (χ2v) is 4.57. The van der Waals surface area contributed by atoms with Gasteiger partial charge in [-0.25, -0.2) is 4.99 Å². The Bertz CT molecular complexity index is 234. The molecule has 2 aliphatic rings. The number of hydrogen-bond donors (Lipinski definition) is 0. The number of nitrogens with zero attached hydrogens (tertiary/aromatic N) is 2. The van der Waals surface area contributed by atoms with Crippen LogP contribution in [-0.2, 0) is 4.79 Å². The number of likely N-dealkylation sites (tertiary alicyclic amines) is 1. The van der Waals surface area contributed by atoms with Crippen LogP contribution in [0.3, 0.4) is 0 Å². The molecular weight excluding hydrogens is 184 g/mol. The largest absolute Gasteiger partial charge is 0.297 e. The number of carbonyl (C=O) groups excluding carboxylic acids is 1. The molecule has 0 saturated carbocycles. The van der Waals surface area contributed by atoms with Gasteiger partial charge in [-0.15, -0.1) is 0 Å². The third kappa shape index (κ3) is 2.54. The molecule has 1 amide bonds. The number of thioether (sulfide) groups is 1. The smallest absolute Gasteiger partial charge is 0.256 e. The Balaban J connectivity index is 1.83. The van der Waals surface area contributed by atoms with E-state index < -0.39 is 0 Å². The summed E-state index contributed by atoms with van der Waals surface area (Å²) >= 11 is 1.60. The quantitative estimate of drug-likeness (QED) is 0.667. The third-order valence-electron chi connectivity index (χ3n) is 2.42. The minimum absolute atomic E-state index is 0.0389. The fourth-order valence-electron chi connectivity index (χ4n) is 1.74. The molecule has 0 bridgehead atoms. The zero-order valence-corrected chi connectivity index (χ0v) is 8.48. The van der Waals surface area contributed by atoms with Gasteiger partial charge in [-0.1, -0.05) is 18.2 Å². The van der Waals surface area contributed by atoms with Gasteiger partial charge in [0.05, 0.1) is 10.8 Å². The first-order valence-corrected chi connectivity index (χ1v) is 5.79. The highest BCUT2D eigenvalue weighted by atomic mass is 32.2. The fraction of sp³-hybridized carbons (Fsp3) is 0.778. The van der Waals surface area contributed by atoms with Crippen molar-refractivity contribution >= 4 is 22.7 Å². The lowest BCUT2D eigenvalue weighted by Gasteiger charge is -2.25. The highest BCUT2D eigenvalue weighted by molar-refractivity contribution is 8.15. The average Bonchev–Trinajstić information content (AvgIpc) is 2.53. The molecule has 1 fully saturated rings. The van der Waals surface area contributed by atoms with Crippen molar-refractivity contribution in [2.24, 2.45) is 4.99 Å². The zero-order valence-electron chi connectivity index (χ0n) is 7.66. The van der Waals surface area contributed by atoms with E-state index in [0.29, 0.717) is 5.75 Å². The number of rotatable bonds is 2. The molecule has 0 aromatic rings. The Morgan fingerprint density at radius 1 is 1.31 bits per heavy atom. The van der Waals surface area contributed by atoms with Gasteiger partial charge < -0.3 is 0 Å².